The van der Waals surface area contributed by atoms with Crippen molar-refractivity contribution in [2.24, 2.45) is 0 Å². The maximum absolute atomic E-state index is 12.7. The molecule has 2 heterocycles. The Morgan fingerprint density at radius 3 is 1.44 bits per heavy atom. The van der Waals surface area contributed by atoms with Crippen LogP contribution in [0.3, 0.4) is 0 Å². The number of hydrogen-bond donors (Lipinski definition) is 5. The van der Waals surface area contributed by atoms with Gasteiger partial charge in [-0.2, -0.15) is 10.2 Å². The lowest BCUT2D eigenvalue weighted by Crippen LogP contribution is -2.34. The summed E-state index contributed by atoms with van der Waals surface area (Å²) in [6, 6.07) is 45.6. The average Bonchev–Trinajstić information content (AvgIpc) is 3.98. The van der Waals surface area contributed by atoms with Gasteiger partial charge in [0.1, 0.15) is 24.7 Å². The standard InChI is InChI=1S/C27H29N5O3.C15H14O3.C12H17N5O/c1-31(2)26(34)17-32(3)27-23-16-21(11-14-24(23)29-30-27)28-25(33)15-19-9-12-22(13-10-19)35-18-20-7-5-4-6-8-20;16-15(17)10-12-6-8-14(9-7-12)18-11-13-4-2-1-3-5-13;1-16(2)11(18)7-17(3)12-9-6-8(13)4-5-10(9)14-15-12/h4-14,16H,15,17-18H2,1-3H3,(H,28,33)(H,29,30);1-9H,10-11H2,(H,16,17);4-6H,7,13H2,1-3H3,(H,14,15). The second-order valence-electron chi connectivity index (χ2n) is 17.1. The first-order chi connectivity index (χ1) is 34.1. The van der Waals surface area contributed by atoms with Crippen molar-refractivity contribution in [1.82, 2.24) is 30.2 Å². The van der Waals surface area contributed by atoms with E-state index in [0.717, 1.165) is 61.4 Å². The largest absolute Gasteiger partial charge is 0.489 e. The van der Waals surface area contributed by atoms with Crippen LogP contribution >= 0.6 is 0 Å². The van der Waals surface area contributed by atoms with E-state index in [-0.39, 0.29) is 43.7 Å². The molecule has 0 spiro atoms. The number of carboxylic acids is 1. The van der Waals surface area contributed by atoms with Crippen LogP contribution in [-0.2, 0) is 45.2 Å². The van der Waals surface area contributed by atoms with E-state index in [4.69, 9.17) is 20.3 Å². The van der Waals surface area contributed by atoms with Gasteiger partial charge >= 0.3 is 5.97 Å². The minimum absolute atomic E-state index is 0.0235. The molecule has 8 rings (SSSR count). The van der Waals surface area contributed by atoms with Gasteiger partial charge in [-0.15, -0.1) is 0 Å². The highest BCUT2D eigenvalue weighted by atomic mass is 16.5. The number of fused-ring (bicyclic) bond motifs is 2. The molecule has 0 radical (unpaired) electrons. The molecule has 6 aromatic carbocycles. The number of nitrogen functional groups attached to an aromatic ring is 1. The topological polar surface area (TPSA) is 215 Å². The minimum atomic E-state index is -0.826. The van der Waals surface area contributed by atoms with Crippen LogP contribution in [0.15, 0.2) is 146 Å². The third-order valence-electron chi connectivity index (χ3n) is 10.9. The number of carboxylic acid groups (broad SMARTS) is 1. The Kier molecular flexibility index (Phi) is 18.1. The zero-order valence-electron chi connectivity index (χ0n) is 40.8. The van der Waals surface area contributed by atoms with E-state index in [2.05, 4.69) is 25.7 Å². The van der Waals surface area contributed by atoms with Crippen molar-refractivity contribution in [3.8, 4) is 11.5 Å². The van der Waals surface area contributed by atoms with Gasteiger partial charge in [0, 0.05) is 64.4 Å². The van der Waals surface area contributed by atoms with Crippen LogP contribution in [0.1, 0.15) is 22.3 Å². The van der Waals surface area contributed by atoms with Crippen LogP contribution in [0.4, 0.5) is 23.0 Å². The fraction of sp³-hybridized carbons (Fsp3) is 0.222. The highest BCUT2D eigenvalue weighted by molar-refractivity contribution is 5.98. The van der Waals surface area contributed by atoms with Gasteiger partial charge in [0.15, 0.2) is 11.6 Å². The van der Waals surface area contributed by atoms with Crippen LogP contribution in [0.2, 0.25) is 0 Å². The third-order valence-corrected chi connectivity index (χ3v) is 10.9. The Hall–Kier alpha value is -8.86. The fourth-order valence-electron chi connectivity index (χ4n) is 6.97. The molecule has 3 amide bonds. The number of benzene rings is 6. The first-order valence-electron chi connectivity index (χ1n) is 22.7. The number of aliphatic carboxylic acids is 1. The summed E-state index contributed by atoms with van der Waals surface area (Å²) < 4.78 is 11.4. The van der Waals surface area contributed by atoms with Crippen molar-refractivity contribution in [3.05, 3.63) is 168 Å². The zero-order chi connectivity index (χ0) is 50.9. The van der Waals surface area contributed by atoms with E-state index in [1.165, 1.54) is 0 Å². The molecular formula is C54H60N10O7. The van der Waals surface area contributed by atoms with Crippen molar-refractivity contribution in [1.29, 1.82) is 0 Å². The molecule has 0 saturated heterocycles. The number of hydrogen-bond acceptors (Lipinski definition) is 11. The fourth-order valence-corrected chi connectivity index (χ4v) is 6.97. The highest BCUT2D eigenvalue weighted by Gasteiger charge is 2.17. The smallest absolute Gasteiger partial charge is 0.307 e. The molecule has 17 nitrogen and oxygen atoms in total. The lowest BCUT2D eigenvalue weighted by molar-refractivity contribution is -0.136. The van der Waals surface area contributed by atoms with Crippen molar-refractivity contribution in [2.45, 2.75) is 26.1 Å². The van der Waals surface area contributed by atoms with E-state index in [0.29, 0.717) is 30.4 Å². The number of carbonyl (C=O) groups is 4. The normalized spacial score (nSPS) is 10.5. The first-order valence-corrected chi connectivity index (χ1v) is 22.7. The summed E-state index contributed by atoms with van der Waals surface area (Å²) in [6.45, 7) is 1.49. The summed E-state index contributed by atoms with van der Waals surface area (Å²) in [4.78, 5) is 53.6. The molecule has 368 valence electrons. The number of amides is 3. The van der Waals surface area contributed by atoms with Crippen LogP contribution in [-0.4, -0.2) is 114 Å². The van der Waals surface area contributed by atoms with Gasteiger partial charge in [-0.1, -0.05) is 84.9 Å². The van der Waals surface area contributed by atoms with Gasteiger partial charge in [0.25, 0.3) is 0 Å². The molecular weight excluding hydrogens is 901 g/mol. The molecule has 0 unspecified atom stereocenters. The number of likely N-dealkylation sites (N-methyl/N-ethyl adjacent to an activating group) is 4. The number of anilines is 4. The predicted octanol–water partition coefficient (Wildman–Crippen LogP) is 7.41. The van der Waals surface area contributed by atoms with Gasteiger partial charge in [0.05, 0.1) is 37.0 Å². The lowest BCUT2D eigenvalue weighted by Gasteiger charge is -2.19. The van der Waals surface area contributed by atoms with E-state index in [1.807, 2.05) is 135 Å². The Morgan fingerprint density at radius 1 is 0.549 bits per heavy atom. The quantitative estimate of drug-likeness (QED) is 0.0565. The summed E-state index contributed by atoms with van der Waals surface area (Å²) >= 11 is 0. The molecule has 0 saturated carbocycles. The zero-order valence-corrected chi connectivity index (χ0v) is 40.8. The van der Waals surface area contributed by atoms with Crippen molar-refractivity contribution < 1.29 is 33.8 Å². The number of H-pyrrole nitrogens is 2. The number of nitrogens with zero attached hydrogens (tertiary/aromatic N) is 6. The molecule has 0 fully saturated rings. The Labute approximate surface area is 412 Å². The second kappa shape index (κ2) is 25.0. The molecule has 6 N–H and O–H groups in total. The average molecular weight is 961 g/mol. The van der Waals surface area contributed by atoms with Crippen LogP contribution < -0.4 is 30.3 Å². The van der Waals surface area contributed by atoms with Crippen molar-refractivity contribution in [3.63, 3.8) is 0 Å². The van der Waals surface area contributed by atoms with E-state index >= 15 is 0 Å². The number of aromatic nitrogens is 4. The van der Waals surface area contributed by atoms with Gasteiger partial charge in [-0.3, -0.25) is 29.4 Å². The monoisotopic (exact) mass is 960 g/mol. The number of aromatic amines is 2. The Morgan fingerprint density at radius 2 is 0.986 bits per heavy atom. The molecule has 17 heteroatoms. The maximum Gasteiger partial charge on any atom is 0.307 e. The highest BCUT2D eigenvalue weighted by Crippen LogP contribution is 2.27. The summed E-state index contributed by atoms with van der Waals surface area (Å²) in [5.74, 6) is 1.93. The molecule has 2 aromatic heterocycles. The number of nitrogens with two attached hydrogens (primary N) is 1. The van der Waals surface area contributed by atoms with E-state index in [1.54, 1.807) is 72.1 Å². The maximum atomic E-state index is 12.7. The molecule has 71 heavy (non-hydrogen) atoms. The van der Waals surface area contributed by atoms with Gasteiger partial charge < -0.3 is 45.2 Å². The molecule has 0 bridgehead atoms. The summed E-state index contributed by atoms with van der Waals surface area (Å²) in [7, 11) is 10.6. The van der Waals surface area contributed by atoms with Crippen LogP contribution in [0.25, 0.3) is 21.8 Å². The summed E-state index contributed by atoms with van der Waals surface area (Å²) in [5, 5.41) is 27.8. The molecule has 0 aliphatic heterocycles. The number of ether oxygens (including phenoxy) is 2. The lowest BCUT2D eigenvalue weighted by atomic mass is 10.1. The second-order valence-corrected chi connectivity index (χ2v) is 17.1. The number of carbonyl (C=O) groups excluding carboxylic acids is 3. The first kappa shape index (κ1) is 51.5. The SMILES string of the molecule is CN(C)C(=O)CN(C)c1n[nH]c2ccc(N)cc12.CN(C)C(=O)CN(C)c1n[nH]c2ccc(NC(=O)Cc3ccc(OCc4ccccc4)cc3)cc12.O=C(O)Cc1ccc(OCc2ccccc2)cc1. The van der Waals surface area contributed by atoms with Crippen molar-refractivity contribution >= 4 is 68.5 Å². The summed E-state index contributed by atoms with van der Waals surface area (Å²) in [6.07, 6.45) is 0.283. The Balaban J connectivity index is 0.000000192. The Bertz CT molecular complexity index is 2990. The van der Waals surface area contributed by atoms with Crippen LogP contribution in [0.5, 0.6) is 11.5 Å². The van der Waals surface area contributed by atoms with Gasteiger partial charge in [-0.25, -0.2) is 0 Å². The third kappa shape index (κ3) is 15.6. The molecule has 8 aromatic rings. The van der Waals surface area contributed by atoms with Crippen LogP contribution in [0, 0.1) is 0 Å². The number of rotatable bonds is 17. The number of nitrogens with one attached hydrogen (secondary N) is 3. The van der Waals surface area contributed by atoms with E-state index < -0.39 is 5.97 Å². The van der Waals surface area contributed by atoms with Crippen molar-refractivity contribution in [2.75, 3.05) is 76.2 Å². The van der Waals surface area contributed by atoms with Gasteiger partial charge in [-0.05, 0) is 82.9 Å². The summed E-state index contributed by atoms with van der Waals surface area (Å²) in [5.41, 5.74) is 12.7. The molecule has 0 atom stereocenters. The van der Waals surface area contributed by atoms with Gasteiger partial charge in [0.2, 0.25) is 17.7 Å². The van der Waals surface area contributed by atoms with E-state index in [9.17, 15) is 19.2 Å². The molecule has 0 aliphatic rings. The minimum Gasteiger partial charge on any atom is -0.489 e. The predicted molar refractivity (Wildman–Crippen MR) is 279 cm³/mol. The molecule has 0 aliphatic carbocycles.